The Labute approximate surface area is 432 Å². The van der Waals surface area contributed by atoms with Gasteiger partial charge in [-0.25, -0.2) is 0 Å². The number of quaternary nitrogens is 1. The summed E-state index contributed by atoms with van der Waals surface area (Å²) >= 11 is 0. The molecule has 406 valence electrons. The van der Waals surface area contributed by atoms with Crippen molar-refractivity contribution >= 4 is 19.7 Å². The Morgan fingerprint density at radius 2 is 0.914 bits per heavy atom. The van der Waals surface area contributed by atoms with E-state index in [1.165, 1.54) is 116 Å². The van der Waals surface area contributed by atoms with Crippen LogP contribution in [0.3, 0.4) is 0 Å². The number of amides is 1. The number of rotatable bonds is 51. The van der Waals surface area contributed by atoms with Crippen molar-refractivity contribution in [3.05, 3.63) is 72.9 Å². The van der Waals surface area contributed by atoms with Crippen molar-refractivity contribution in [1.29, 1.82) is 0 Å². The highest BCUT2D eigenvalue weighted by molar-refractivity contribution is 7.45. The second-order valence-electron chi connectivity index (χ2n) is 20.5. The molecular weight excluding hydrogens is 892 g/mol. The van der Waals surface area contributed by atoms with Gasteiger partial charge in [-0.2, -0.15) is 0 Å². The zero-order valence-corrected chi connectivity index (χ0v) is 47.1. The van der Waals surface area contributed by atoms with Gasteiger partial charge >= 0.3 is 5.97 Å². The lowest BCUT2D eigenvalue weighted by molar-refractivity contribution is -0.870. The lowest BCUT2D eigenvalue weighted by atomic mass is 10.1. The number of unbranched alkanes of at least 4 members (excludes halogenated alkanes) is 26. The fourth-order valence-corrected chi connectivity index (χ4v) is 8.59. The zero-order chi connectivity index (χ0) is 51.5. The number of carbonyl (C=O) groups excluding carboxylic acids is 2. The molecule has 0 fully saturated rings. The number of phosphoric ester groups is 1. The largest absolute Gasteiger partial charge is 0.756 e. The van der Waals surface area contributed by atoms with Crippen LogP contribution in [-0.2, 0) is 27.9 Å². The standard InChI is InChI=1S/C60H109N2O7P/c1-7-10-13-16-19-22-25-27-29-31-33-35-38-41-44-47-50-53-60(64)69-58(51-48-45-42-39-36-24-21-18-15-12-9-3)57(56-68-70(65,66)67-55-54-62(4,5)6)61-59(63)52-49-46-43-40-37-34-32-30-28-26-23-20-17-14-11-8-2/h19,22,27,29-30,32-35,37,48,51,57-58H,7-18,20-21,23-26,28,31,36,38-47,49-50,52-56H2,1-6H3,(H-,61,63,65,66)/b22-19-,29-27-,32-30+,35-33-,37-34+,51-48+. The minimum atomic E-state index is -4.71. The molecule has 0 spiro atoms. The van der Waals surface area contributed by atoms with Gasteiger partial charge in [0.2, 0.25) is 5.91 Å². The van der Waals surface area contributed by atoms with E-state index in [0.29, 0.717) is 23.9 Å². The van der Waals surface area contributed by atoms with Crippen molar-refractivity contribution in [3.8, 4) is 0 Å². The summed E-state index contributed by atoms with van der Waals surface area (Å²) in [7, 11) is 1.15. The van der Waals surface area contributed by atoms with E-state index >= 15 is 0 Å². The van der Waals surface area contributed by atoms with Gasteiger partial charge in [-0.3, -0.25) is 14.2 Å². The summed E-state index contributed by atoms with van der Waals surface area (Å²) < 4.78 is 30.2. The maximum absolute atomic E-state index is 13.5. The quantitative estimate of drug-likeness (QED) is 0.0161. The van der Waals surface area contributed by atoms with Gasteiger partial charge in [-0.05, 0) is 96.0 Å². The molecular formula is C60H109N2O7P. The number of allylic oxidation sites excluding steroid dienone is 11. The van der Waals surface area contributed by atoms with Crippen LogP contribution in [0, 0.1) is 0 Å². The lowest BCUT2D eigenvalue weighted by Crippen LogP contribution is -2.47. The van der Waals surface area contributed by atoms with Crippen molar-refractivity contribution in [1.82, 2.24) is 5.32 Å². The predicted molar refractivity (Wildman–Crippen MR) is 298 cm³/mol. The summed E-state index contributed by atoms with van der Waals surface area (Å²) in [5.74, 6) is -0.599. The highest BCUT2D eigenvalue weighted by Crippen LogP contribution is 2.38. The minimum absolute atomic E-state index is 0.0336. The molecule has 9 nitrogen and oxygen atoms in total. The Morgan fingerprint density at radius 1 is 0.514 bits per heavy atom. The molecule has 0 rings (SSSR count). The van der Waals surface area contributed by atoms with Gasteiger partial charge in [0.25, 0.3) is 7.82 Å². The zero-order valence-electron chi connectivity index (χ0n) is 46.2. The fraction of sp³-hybridized carbons (Fsp3) is 0.767. The number of phosphoric acid groups is 1. The lowest BCUT2D eigenvalue weighted by Gasteiger charge is -2.30. The van der Waals surface area contributed by atoms with Crippen LogP contribution in [0.4, 0.5) is 0 Å². The highest BCUT2D eigenvalue weighted by Gasteiger charge is 2.27. The van der Waals surface area contributed by atoms with E-state index in [1.54, 1.807) is 0 Å². The summed E-state index contributed by atoms with van der Waals surface area (Å²) in [4.78, 5) is 39.8. The van der Waals surface area contributed by atoms with E-state index in [1.807, 2.05) is 33.3 Å². The van der Waals surface area contributed by atoms with Gasteiger partial charge in [0.1, 0.15) is 19.3 Å². The number of hydrogen-bond acceptors (Lipinski definition) is 7. The van der Waals surface area contributed by atoms with Crippen LogP contribution in [0.5, 0.6) is 0 Å². The first kappa shape index (κ1) is 67.5. The maximum atomic E-state index is 13.5. The average molecular weight is 1000 g/mol. The molecule has 1 N–H and O–H groups in total. The third-order valence-corrected chi connectivity index (χ3v) is 13.4. The second kappa shape index (κ2) is 50.0. The van der Waals surface area contributed by atoms with E-state index in [2.05, 4.69) is 86.8 Å². The SMILES string of the molecule is CCCCC/C=C\C/C=C\C/C=C\CCCCCCC(=O)OC(/C=C/CCCCCCCCCCC)C(COP(=O)([O-])OCC[N+](C)(C)C)NC(=O)CCCCC/C=C/C=C/CCCCCCCCC. The van der Waals surface area contributed by atoms with E-state index in [4.69, 9.17) is 13.8 Å². The van der Waals surface area contributed by atoms with Crippen molar-refractivity contribution in [2.24, 2.45) is 0 Å². The third-order valence-electron chi connectivity index (χ3n) is 12.4. The van der Waals surface area contributed by atoms with Gasteiger partial charge < -0.3 is 28.5 Å². The highest BCUT2D eigenvalue weighted by atomic mass is 31.2. The second-order valence-corrected chi connectivity index (χ2v) is 21.9. The van der Waals surface area contributed by atoms with E-state index in [-0.39, 0.29) is 31.3 Å². The van der Waals surface area contributed by atoms with Crippen LogP contribution in [-0.4, -0.2) is 69.4 Å². The number of nitrogens with zero attached hydrogens (tertiary/aromatic N) is 1. The Bertz CT molecular complexity index is 1430. The van der Waals surface area contributed by atoms with Gasteiger partial charge in [0.15, 0.2) is 0 Å². The maximum Gasteiger partial charge on any atom is 0.306 e. The molecule has 0 saturated heterocycles. The first-order valence-corrected chi connectivity index (χ1v) is 30.2. The summed E-state index contributed by atoms with van der Waals surface area (Å²) in [6.45, 7) is 6.76. The van der Waals surface area contributed by atoms with Gasteiger partial charge in [0, 0.05) is 12.8 Å². The molecule has 0 bridgehead atoms. The number of nitrogens with one attached hydrogen (secondary N) is 1. The molecule has 0 aromatic rings. The van der Waals surface area contributed by atoms with Crippen molar-refractivity contribution in [3.63, 3.8) is 0 Å². The van der Waals surface area contributed by atoms with Crippen LogP contribution in [0.1, 0.15) is 245 Å². The molecule has 0 aliphatic heterocycles. The van der Waals surface area contributed by atoms with Crippen LogP contribution >= 0.6 is 7.82 Å². The third kappa shape index (κ3) is 50.4. The number of carbonyl (C=O) groups is 2. The van der Waals surface area contributed by atoms with Crippen LogP contribution in [0.25, 0.3) is 0 Å². The molecule has 0 aliphatic carbocycles. The van der Waals surface area contributed by atoms with Crippen LogP contribution in [0.2, 0.25) is 0 Å². The molecule has 10 heteroatoms. The predicted octanol–water partition coefficient (Wildman–Crippen LogP) is 16.6. The smallest absolute Gasteiger partial charge is 0.306 e. The Hall–Kier alpha value is -2.55. The Kier molecular flexibility index (Phi) is 48.2. The summed E-state index contributed by atoms with van der Waals surface area (Å²) in [5, 5.41) is 3.00. The Morgan fingerprint density at radius 3 is 1.43 bits per heavy atom. The monoisotopic (exact) mass is 1000 g/mol. The first-order chi connectivity index (χ1) is 33.9. The van der Waals surface area contributed by atoms with Crippen molar-refractivity contribution in [2.45, 2.75) is 258 Å². The molecule has 0 aromatic heterocycles. The minimum Gasteiger partial charge on any atom is -0.756 e. The van der Waals surface area contributed by atoms with Crippen molar-refractivity contribution in [2.75, 3.05) is 40.9 Å². The van der Waals surface area contributed by atoms with E-state index < -0.39 is 26.6 Å². The van der Waals surface area contributed by atoms with Crippen LogP contribution in [0.15, 0.2) is 72.9 Å². The Balaban J connectivity index is 5.41. The van der Waals surface area contributed by atoms with Crippen molar-refractivity contribution < 1.29 is 37.3 Å². The number of ether oxygens (including phenoxy) is 1. The topological polar surface area (TPSA) is 114 Å². The molecule has 0 aromatic carbocycles. The molecule has 0 radical (unpaired) electrons. The van der Waals surface area contributed by atoms with Crippen LogP contribution < -0.4 is 10.2 Å². The molecule has 3 atom stereocenters. The van der Waals surface area contributed by atoms with Gasteiger partial charge in [-0.15, -0.1) is 0 Å². The summed E-state index contributed by atoms with van der Waals surface area (Å²) in [6.07, 6.45) is 62.9. The first-order valence-electron chi connectivity index (χ1n) is 28.8. The molecule has 1 amide bonds. The molecule has 0 saturated carbocycles. The molecule has 0 aliphatic rings. The van der Waals surface area contributed by atoms with Gasteiger partial charge in [0.05, 0.1) is 33.8 Å². The normalized spacial score (nSPS) is 14.3. The number of esters is 1. The summed E-state index contributed by atoms with van der Waals surface area (Å²) in [6, 6.07) is -0.912. The molecule has 0 heterocycles. The van der Waals surface area contributed by atoms with E-state index in [9.17, 15) is 19.0 Å². The van der Waals surface area contributed by atoms with Gasteiger partial charge in [-0.1, -0.05) is 210 Å². The number of likely N-dealkylation sites (N-methyl/N-ethyl adjacent to an activating group) is 1. The average Bonchev–Trinajstić information content (AvgIpc) is 3.32. The summed E-state index contributed by atoms with van der Waals surface area (Å²) in [5.41, 5.74) is 0. The molecule has 3 unspecified atom stereocenters. The molecule has 70 heavy (non-hydrogen) atoms. The number of hydrogen-bond donors (Lipinski definition) is 1. The fourth-order valence-electron chi connectivity index (χ4n) is 7.87. The van der Waals surface area contributed by atoms with E-state index in [0.717, 1.165) is 83.5 Å².